The van der Waals surface area contributed by atoms with Gasteiger partial charge in [-0.05, 0) is 36.6 Å². The molecule has 0 saturated carbocycles. The normalized spacial score (nSPS) is 13.0. The first-order valence-corrected chi connectivity index (χ1v) is 7.45. The maximum Gasteiger partial charge on any atom is 0.286 e. The molecule has 5 nitrogen and oxygen atoms in total. The number of para-hydroxylation sites is 1. The van der Waals surface area contributed by atoms with Crippen LogP contribution in [0, 0.1) is 0 Å². The molecule has 0 atom stereocenters. The topological polar surface area (TPSA) is 62.6 Å². The first kappa shape index (κ1) is 14.4. The summed E-state index contributed by atoms with van der Waals surface area (Å²) in [5.74, 6) is 0.154. The highest BCUT2D eigenvalue weighted by molar-refractivity contribution is 5.95. The largest absolute Gasteiger partial charge is 0.459 e. The summed E-state index contributed by atoms with van der Waals surface area (Å²) in [4.78, 5) is 25.8. The van der Waals surface area contributed by atoms with E-state index >= 15 is 0 Å². The fourth-order valence-corrected chi connectivity index (χ4v) is 2.67. The number of fused-ring (bicyclic) bond motifs is 1. The zero-order valence-corrected chi connectivity index (χ0v) is 12.2. The van der Waals surface area contributed by atoms with Gasteiger partial charge in [-0.3, -0.25) is 9.59 Å². The molecular formula is C17H18N2O3. The number of nitrogens with zero attached hydrogens (tertiary/aromatic N) is 1. The number of carbonyl (C=O) groups is 2. The molecule has 22 heavy (non-hydrogen) atoms. The van der Waals surface area contributed by atoms with Crippen LogP contribution in [0.15, 0.2) is 47.1 Å². The predicted octanol–water partition coefficient (Wildman–Crippen LogP) is 2.38. The van der Waals surface area contributed by atoms with E-state index < -0.39 is 0 Å². The van der Waals surface area contributed by atoms with Crippen LogP contribution in [0.25, 0.3) is 0 Å². The smallest absolute Gasteiger partial charge is 0.286 e. The zero-order chi connectivity index (χ0) is 15.4. The Hall–Kier alpha value is -2.56. The molecular weight excluding hydrogens is 280 g/mol. The number of hydrogen-bond acceptors (Lipinski definition) is 3. The molecule has 0 bridgehead atoms. The van der Waals surface area contributed by atoms with Crippen molar-refractivity contribution in [2.45, 2.75) is 19.3 Å². The van der Waals surface area contributed by atoms with Crippen LogP contribution in [0.4, 0.5) is 5.69 Å². The van der Waals surface area contributed by atoms with Crippen molar-refractivity contribution in [3.8, 4) is 0 Å². The molecule has 1 N–H and O–H groups in total. The summed E-state index contributed by atoms with van der Waals surface area (Å²) in [5, 5.41) is 2.75. The lowest BCUT2D eigenvalue weighted by Gasteiger charge is -2.17. The molecule has 2 amide bonds. The Bertz CT molecular complexity index is 664. The van der Waals surface area contributed by atoms with Crippen molar-refractivity contribution in [1.29, 1.82) is 0 Å². The van der Waals surface area contributed by atoms with Crippen LogP contribution in [0.3, 0.4) is 0 Å². The lowest BCUT2D eigenvalue weighted by Crippen LogP contribution is -2.30. The quantitative estimate of drug-likeness (QED) is 0.862. The third-order valence-corrected chi connectivity index (χ3v) is 3.79. The summed E-state index contributed by atoms with van der Waals surface area (Å²) in [6, 6.07) is 11.3. The van der Waals surface area contributed by atoms with Gasteiger partial charge in [-0.25, -0.2) is 0 Å². The van der Waals surface area contributed by atoms with E-state index in [1.807, 2.05) is 23.1 Å². The van der Waals surface area contributed by atoms with E-state index in [9.17, 15) is 9.59 Å². The second kappa shape index (κ2) is 6.47. The van der Waals surface area contributed by atoms with Gasteiger partial charge in [-0.1, -0.05) is 18.2 Å². The molecule has 1 aliphatic rings. The third-order valence-electron chi connectivity index (χ3n) is 3.79. The summed E-state index contributed by atoms with van der Waals surface area (Å²) >= 11 is 0. The van der Waals surface area contributed by atoms with Gasteiger partial charge in [0.05, 0.1) is 6.26 Å². The average molecular weight is 298 g/mol. The summed E-state index contributed by atoms with van der Waals surface area (Å²) in [6.07, 6.45) is 3.41. The number of nitrogens with one attached hydrogen (secondary N) is 1. The highest BCUT2D eigenvalue weighted by Crippen LogP contribution is 2.27. The Kier molecular flexibility index (Phi) is 4.23. The number of amides is 2. The van der Waals surface area contributed by atoms with Crippen LogP contribution in [0.1, 0.15) is 29.0 Å². The van der Waals surface area contributed by atoms with Crippen LogP contribution in [0.2, 0.25) is 0 Å². The van der Waals surface area contributed by atoms with Gasteiger partial charge >= 0.3 is 0 Å². The van der Waals surface area contributed by atoms with Crippen molar-refractivity contribution in [2.24, 2.45) is 0 Å². The Morgan fingerprint density at radius 2 is 2.05 bits per heavy atom. The molecule has 1 aromatic carbocycles. The Labute approximate surface area is 128 Å². The molecule has 2 aromatic rings. The molecule has 3 rings (SSSR count). The van der Waals surface area contributed by atoms with E-state index in [1.54, 1.807) is 12.1 Å². The number of hydrogen-bond donors (Lipinski definition) is 1. The Morgan fingerprint density at radius 3 is 2.86 bits per heavy atom. The summed E-state index contributed by atoms with van der Waals surface area (Å²) in [7, 11) is 0. The van der Waals surface area contributed by atoms with E-state index in [0.717, 1.165) is 18.7 Å². The van der Waals surface area contributed by atoms with Crippen molar-refractivity contribution >= 4 is 17.5 Å². The summed E-state index contributed by atoms with van der Waals surface area (Å²) in [5.41, 5.74) is 2.24. The van der Waals surface area contributed by atoms with Crippen molar-refractivity contribution in [1.82, 2.24) is 5.32 Å². The highest BCUT2D eigenvalue weighted by atomic mass is 16.3. The molecule has 0 saturated heterocycles. The summed E-state index contributed by atoms with van der Waals surface area (Å²) < 4.78 is 5.01. The minimum absolute atomic E-state index is 0.109. The molecule has 1 aliphatic heterocycles. The maximum absolute atomic E-state index is 12.3. The fourth-order valence-electron chi connectivity index (χ4n) is 2.67. The number of benzene rings is 1. The van der Waals surface area contributed by atoms with E-state index in [0.29, 0.717) is 25.1 Å². The fraction of sp³-hybridized carbons (Fsp3) is 0.294. The van der Waals surface area contributed by atoms with Crippen molar-refractivity contribution in [3.05, 3.63) is 54.0 Å². The number of furan rings is 1. The zero-order valence-electron chi connectivity index (χ0n) is 12.2. The third kappa shape index (κ3) is 3.03. The Balaban J connectivity index is 1.45. The Morgan fingerprint density at radius 1 is 1.18 bits per heavy atom. The van der Waals surface area contributed by atoms with E-state index in [2.05, 4.69) is 11.4 Å². The lowest BCUT2D eigenvalue weighted by molar-refractivity contribution is -0.118. The maximum atomic E-state index is 12.3. The van der Waals surface area contributed by atoms with Gasteiger partial charge in [0.2, 0.25) is 5.91 Å². The highest BCUT2D eigenvalue weighted by Gasteiger charge is 2.23. The summed E-state index contributed by atoms with van der Waals surface area (Å²) in [6.45, 7) is 1.21. The molecule has 0 spiro atoms. The SMILES string of the molecule is O=C(NCCCC(=O)N1CCc2ccccc21)c1ccco1. The second-order valence-electron chi connectivity index (χ2n) is 5.26. The van der Waals surface area contributed by atoms with E-state index in [-0.39, 0.29) is 11.8 Å². The van der Waals surface area contributed by atoms with Crippen molar-refractivity contribution < 1.29 is 14.0 Å². The van der Waals surface area contributed by atoms with E-state index in [1.165, 1.54) is 11.8 Å². The average Bonchev–Trinajstić information content (AvgIpc) is 3.20. The van der Waals surface area contributed by atoms with Crippen molar-refractivity contribution in [2.75, 3.05) is 18.0 Å². The van der Waals surface area contributed by atoms with Gasteiger partial charge in [-0.2, -0.15) is 0 Å². The predicted molar refractivity (Wildman–Crippen MR) is 82.8 cm³/mol. The van der Waals surface area contributed by atoms with Crippen molar-refractivity contribution in [3.63, 3.8) is 0 Å². The first-order chi connectivity index (χ1) is 10.8. The lowest BCUT2D eigenvalue weighted by atomic mass is 10.2. The van der Waals surface area contributed by atoms with Crippen LogP contribution in [-0.4, -0.2) is 24.9 Å². The molecule has 0 radical (unpaired) electrons. The molecule has 2 heterocycles. The molecule has 0 aliphatic carbocycles. The van der Waals surface area contributed by atoms with Crippen LogP contribution >= 0.6 is 0 Å². The van der Waals surface area contributed by atoms with Gasteiger partial charge in [0, 0.05) is 25.2 Å². The minimum Gasteiger partial charge on any atom is -0.459 e. The van der Waals surface area contributed by atoms with E-state index in [4.69, 9.17) is 4.42 Å². The molecule has 0 unspecified atom stereocenters. The number of carbonyl (C=O) groups excluding carboxylic acids is 2. The number of anilines is 1. The standard InChI is InChI=1S/C17H18N2O3/c20-16(19-11-9-13-5-1-2-6-14(13)19)8-3-10-18-17(21)15-7-4-12-22-15/h1-2,4-7,12H,3,8-11H2,(H,18,21). The monoisotopic (exact) mass is 298 g/mol. The van der Waals surface area contributed by atoms with Gasteiger partial charge in [0.1, 0.15) is 0 Å². The second-order valence-corrected chi connectivity index (χ2v) is 5.26. The van der Waals surface area contributed by atoms with Gasteiger partial charge in [0.15, 0.2) is 5.76 Å². The van der Waals surface area contributed by atoms with Crippen LogP contribution in [-0.2, 0) is 11.2 Å². The molecule has 0 fully saturated rings. The molecule has 1 aromatic heterocycles. The minimum atomic E-state index is -0.246. The van der Waals surface area contributed by atoms with Gasteiger partial charge in [-0.15, -0.1) is 0 Å². The molecule has 5 heteroatoms. The van der Waals surface area contributed by atoms with Gasteiger partial charge < -0.3 is 14.6 Å². The van der Waals surface area contributed by atoms with Crippen LogP contribution in [0.5, 0.6) is 0 Å². The van der Waals surface area contributed by atoms with Crippen LogP contribution < -0.4 is 10.2 Å². The number of rotatable bonds is 5. The molecule has 114 valence electrons. The van der Waals surface area contributed by atoms with Gasteiger partial charge in [0.25, 0.3) is 5.91 Å². The first-order valence-electron chi connectivity index (χ1n) is 7.45.